The molecule has 0 unspecified atom stereocenters. The van der Waals surface area contributed by atoms with Gasteiger partial charge < -0.3 is 15.1 Å². The molecule has 0 spiro atoms. The Morgan fingerprint density at radius 2 is 1.62 bits per heavy atom. The van der Waals surface area contributed by atoms with Crippen LogP contribution in [0.15, 0.2) is 48.5 Å². The van der Waals surface area contributed by atoms with Crippen molar-refractivity contribution in [3.63, 3.8) is 0 Å². The van der Waals surface area contributed by atoms with Gasteiger partial charge in [0.2, 0.25) is 0 Å². The molecule has 1 aliphatic rings. The molecule has 2 aromatic rings. The molecule has 0 fully saturated rings. The van der Waals surface area contributed by atoms with E-state index in [0.29, 0.717) is 6.04 Å². The van der Waals surface area contributed by atoms with Gasteiger partial charge in [-0.25, -0.2) is 0 Å². The summed E-state index contributed by atoms with van der Waals surface area (Å²) < 4.78 is 0. The third-order valence-corrected chi connectivity index (χ3v) is 4.88. The van der Waals surface area contributed by atoms with Crippen LogP contribution in [0.2, 0.25) is 0 Å². The Morgan fingerprint density at radius 1 is 1.00 bits per heavy atom. The van der Waals surface area contributed by atoms with E-state index in [1.165, 1.54) is 33.8 Å². The van der Waals surface area contributed by atoms with Gasteiger partial charge in [-0.1, -0.05) is 42.5 Å². The van der Waals surface area contributed by atoms with Gasteiger partial charge in [0, 0.05) is 50.5 Å². The summed E-state index contributed by atoms with van der Waals surface area (Å²) in [6.07, 6.45) is 0. The predicted octanol–water partition coefficient (Wildman–Crippen LogP) is 4.02. The van der Waals surface area contributed by atoms with Crippen molar-refractivity contribution in [2.24, 2.45) is 0 Å². The van der Waals surface area contributed by atoms with Gasteiger partial charge in [-0.2, -0.15) is 0 Å². The van der Waals surface area contributed by atoms with E-state index in [1.807, 2.05) is 7.05 Å². The van der Waals surface area contributed by atoms with E-state index in [2.05, 4.69) is 91.6 Å². The van der Waals surface area contributed by atoms with Crippen LogP contribution in [0.25, 0.3) is 11.4 Å². The lowest BCUT2D eigenvalue weighted by molar-refractivity contribution is 0.396. The molecular weight excluding hydrogens is 294 g/mol. The number of nitrogens with one attached hydrogen (secondary N) is 1. The summed E-state index contributed by atoms with van der Waals surface area (Å²) in [6.45, 7) is 5.37. The van der Waals surface area contributed by atoms with Gasteiger partial charge in [0.25, 0.3) is 0 Å². The average Bonchev–Trinajstić information content (AvgIpc) is 2.58. The highest BCUT2D eigenvalue weighted by Crippen LogP contribution is 2.37. The summed E-state index contributed by atoms with van der Waals surface area (Å²) in [7, 11) is 6.37. The van der Waals surface area contributed by atoms with E-state index in [-0.39, 0.29) is 0 Å². The van der Waals surface area contributed by atoms with Crippen LogP contribution in [0.5, 0.6) is 0 Å². The smallest absolute Gasteiger partial charge is 0.0685 e. The first kappa shape index (κ1) is 16.4. The van der Waals surface area contributed by atoms with Gasteiger partial charge in [-0.15, -0.1) is 0 Å². The maximum atomic E-state index is 3.49. The summed E-state index contributed by atoms with van der Waals surface area (Å²) in [6, 6.07) is 17.8. The fraction of sp³-hybridized carbons (Fsp3) is 0.333. The molecule has 24 heavy (non-hydrogen) atoms. The van der Waals surface area contributed by atoms with E-state index in [1.54, 1.807) is 0 Å². The number of benzene rings is 2. The minimum absolute atomic E-state index is 0.417. The molecule has 1 N–H and O–H groups in total. The number of rotatable bonds is 3. The summed E-state index contributed by atoms with van der Waals surface area (Å²) in [5.74, 6) is 0. The van der Waals surface area contributed by atoms with Crippen LogP contribution >= 0.6 is 0 Å². The van der Waals surface area contributed by atoms with Gasteiger partial charge in [0.05, 0.1) is 11.4 Å². The molecule has 3 rings (SSSR count). The molecule has 0 saturated carbocycles. The van der Waals surface area contributed by atoms with E-state index in [4.69, 9.17) is 0 Å². The van der Waals surface area contributed by atoms with Gasteiger partial charge in [0.1, 0.15) is 0 Å². The Bertz CT molecular complexity index is 761. The van der Waals surface area contributed by atoms with Gasteiger partial charge >= 0.3 is 0 Å². The minimum Gasteiger partial charge on any atom is -0.386 e. The molecule has 1 heterocycles. The lowest BCUT2D eigenvalue weighted by Crippen LogP contribution is -2.31. The molecule has 0 atom stereocenters. The molecule has 2 aromatic carbocycles. The summed E-state index contributed by atoms with van der Waals surface area (Å²) in [5.41, 5.74) is 7.61. The van der Waals surface area contributed by atoms with E-state index in [0.717, 1.165) is 6.54 Å². The molecule has 0 saturated heterocycles. The van der Waals surface area contributed by atoms with Crippen molar-refractivity contribution >= 4 is 17.1 Å². The average molecular weight is 321 g/mol. The fourth-order valence-electron chi connectivity index (χ4n) is 3.39. The van der Waals surface area contributed by atoms with Crippen molar-refractivity contribution in [3.8, 4) is 0 Å². The highest BCUT2D eigenvalue weighted by molar-refractivity contribution is 5.94. The second-order valence-corrected chi connectivity index (χ2v) is 6.71. The van der Waals surface area contributed by atoms with Gasteiger partial charge in [-0.05, 0) is 25.5 Å². The van der Waals surface area contributed by atoms with Gasteiger partial charge in [0.15, 0.2) is 0 Å². The van der Waals surface area contributed by atoms with Crippen LogP contribution < -0.4 is 10.2 Å². The van der Waals surface area contributed by atoms with Crippen molar-refractivity contribution in [1.82, 2.24) is 10.2 Å². The Labute approximate surface area is 145 Å². The highest BCUT2D eigenvalue weighted by Gasteiger charge is 2.24. The number of nitrogens with zero attached hydrogens (tertiary/aromatic N) is 2. The van der Waals surface area contributed by atoms with E-state index in [9.17, 15) is 0 Å². The molecule has 0 aromatic heterocycles. The second kappa shape index (κ2) is 6.60. The van der Waals surface area contributed by atoms with Crippen LogP contribution in [0.4, 0.5) is 5.69 Å². The standard InChI is InChI=1S/C21H27N3/c1-15(2)24(5)21-17-11-7-6-10-16(17)14-23(4)19-13-9-8-12-18(19)20(21)22-3/h6-13,15,22H,14H2,1-5H3/b21-20-. The van der Waals surface area contributed by atoms with Crippen molar-refractivity contribution in [1.29, 1.82) is 0 Å². The van der Waals surface area contributed by atoms with E-state index < -0.39 is 0 Å². The normalized spacial score (nSPS) is 17.0. The third kappa shape index (κ3) is 2.75. The molecule has 0 radical (unpaired) electrons. The first-order chi connectivity index (χ1) is 11.5. The van der Waals surface area contributed by atoms with Crippen LogP contribution in [0, 0.1) is 0 Å². The van der Waals surface area contributed by atoms with Crippen LogP contribution in [-0.2, 0) is 6.54 Å². The maximum absolute atomic E-state index is 3.49. The second-order valence-electron chi connectivity index (χ2n) is 6.71. The SMILES string of the molecule is CN/C1=C(\N(C)C(C)C)c2ccccc2CN(C)c2ccccc21. The molecule has 3 nitrogen and oxygen atoms in total. The molecule has 1 aliphatic heterocycles. The predicted molar refractivity (Wildman–Crippen MR) is 104 cm³/mol. The Hall–Kier alpha value is -2.42. The lowest BCUT2D eigenvalue weighted by Gasteiger charge is -2.35. The first-order valence-electron chi connectivity index (χ1n) is 8.58. The Morgan fingerprint density at radius 3 is 2.29 bits per heavy atom. The molecule has 0 aliphatic carbocycles. The number of hydrogen-bond donors (Lipinski definition) is 1. The minimum atomic E-state index is 0.417. The number of anilines is 1. The van der Waals surface area contributed by atoms with Crippen LogP contribution in [0.1, 0.15) is 30.5 Å². The molecular formula is C21H27N3. The quantitative estimate of drug-likeness (QED) is 0.921. The Kier molecular flexibility index (Phi) is 4.52. The topological polar surface area (TPSA) is 18.5 Å². The lowest BCUT2D eigenvalue weighted by atomic mass is 9.95. The van der Waals surface area contributed by atoms with Crippen molar-refractivity contribution in [2.75, 3.05) is 26.0 Å². The first-order valence-corrected chi connectivity index (χ1v) is 8.58. The highest BCUT2D eigenvalue weighted by atomic mass is 15.2. The number of hydrogen-bond acceptors (Lipinski definition) is 3. The van der Waals surface area contributed by atoms with Crippen LogP contribution in [-0.4, -0.2) is 32.1 Å². The molecule has 0 bridgehead atoms. The van der Waals surface area contributed by atoms with Crippen molar-refractivity contribution < 1.29 is 0 Å². The van der Waals surface area contributed by atoms with Gasteiger partial charge in [-0.3, -0.25) is 0 Å². The Balaban J connectivity index is 2.37. The van der Waals surface area contributed by atoms with Crippen LogP contribution in [0.3, 0.4) is 0 Å². The zero-order valence-corrected chi connectivity index (χ0v) is 15.3. The molecule has 126 valence electrons. The van der Waals surface area contributed by atoms with E-state index >= 15 is 0 Å². The van der Waals surface area contributed by atoms with Crippen molar-refractivity contribution in [2.45, 2.75) is 26.4 Å². The number of para-hydroxylation sites is 1. The number of fused-ring (bicyclic) bond motifs is 2. The summed E-state index contributed by atoms with van der Waals surface area (Å²) in [4.78, 5) is 4.70. The largest absolute Gasteiger partial charge is 0.386 e. The zero-order valence-electron chi connectivity index (χ0n) is 15.3. The maximum Gasteiger partial charge on any atom is 0.0685 e. The van der Waals surface area contributed by atoms with Crippen molar-refractivity contribution in [3.05, 3.63) is 65.2 Å². The fourth-order valence-corrected chi connectivity index (χ4v) is 3.39. The third-order valence-electron chi connectivity index (χ3n) is 4.88. The monoisotopic (exact) mass is 321 g/mol. The molecule has 3 heteroatoms. The zero-order chi connectivity index (χ0) is 17.3. The summed E-state index contributed by atoms with van der Waals surface area (Å²) >= 11 is 0. The molecule has 0 amide bonds. The summed E-state index contributed by atoms with van der Waals surface area (Å²) in [5, 5.41) is 3.49.